The van der Waals surface area contributed by atoms with Crippen molar-refractivity contribution in [1.29, 1.82) is 0 Å². The molecule has 1 N–H and O–H groups in total. The highest BCUT2D eigenvalue weighted by atomic mass is 32.2. The molecule has 0 bridgehead atoms. The molecule has 0 spiro atoms. The molecule has 3 aromatic carbocycles. The number of nitrogens with zero attached hydrogens (tertiary/aromatic N) is 2. The van der Waals surface area contributed by atoms with Gasteiger partial charge in [-0.05, 0) is 69.5 Å². The fraction of sp³-hybridized carbons (Fsp3) is 0.355. The van der Waals surface area contributed by atoms with Crippen LogP contribution in [-0.4, -0.2) is 43.8 Å². The van der Waals surface area contributed by atoms with E-state index in [0.717, 1.165) is 41.1 Å². The van der Waals surface area contributed by atoms with Gasteiger partial charge in [-0.2, -0.15) is 0 Å². The summed E-state index contributed by atoms with van der Waals surface area (Å²) in [5.74, 6) is -1.47. The molecule has 0 aromatic heterocycles. The lowest BCUT2D eigenvalue weighted by atomic mass is 10.1. The van der Waals surface area contributed by atoms with E-state index in [4.69, 9.17) is 0 Å². The Balaban J connectivity index is 1.69. The largest absolute Gasteiger partial charge is 0.352 e. The zero-order valence-electron chi connectivity index (χ0n) is 23.1. The van der Waals surface area contributed by atoms with Crippen LogP contribution in [0.2, 0.25) is 0 Å². The second-order valence-electron chi connectivity index (χ2n) is 10.4. The molecule has 1 saturated carbocycles. The molecule has 0 aliphatic heterocycles. The highest BCUT2D eigenvalue weighted by Crippen LogP contribution is 2.26. The Labute approximate surface area is 236 Å². The van der Waals surface area contributed by atoms with Gasteiger partial charge in [-0.3, -0.25) is 13.9 Å². The van der Waals surface area contributed by atoms with E-state index < -0.39 is 34.3 Å². The number of amides is 2. The van der Waals surface area contributed by atoms with Gasteiger partial charge in [0.2, 0.25) is 11.8 Å². The summed E-state index contributed by atoms with van der Waals surface area (Å²) in [6, 6.07) is 18.4. The molecule has 1 atom stereocenters. The fourth-order valence-electron chi connectivity index (χ4n) is 4.93. The monoisotopic (exact) mass is 565 g/mol. The third-order valence-electron chi connectivity index (χ3n) is 7.34. The molecule has 7 nitrogen and oxygen atoms in total. The maximum absolute atomic E-state index is 14.7. The predicted molar refractivity (Wildman–Crippen MR) is 154 cm³/mol. The third-order valence-corrected chi connectivity index (χ3v) is 9.13. The normalized spacial score (nSPS) is 14.5. The second-order valence-corrected chi connectivity index (χ2v) is 12.3. The van der Waals surface area contributed by atoms with Crippen LogP contribution in [-0.2, 0) is 26.2 Å². The molecule has 212 valence electrons. The van der Waals surface area contributed by atoms with Gasteiger partial charge in [-0.1, -0.05) is 60.9 Å². The minimum absolute atomic E-state index is 0.0334. The Morgan fingerprint density at radius 3 is 2.27 bits per heavy atom. The van der Waals surface area contributed by atoms with Gasteiger partial charge in [0.15, 0.2) is 0 Å². The van der Waals surface area contributed by atoms with Crippen LogP contribution in [0.1, 0.15) is 49.3 Å². The Hall–Kier alpha value is -3.72. The van der Waals surface area contributed by atoms with E-state index >= 15 is 0 Å². The van der Waals surface area contributed by atoms with E-state index in [-0.39, 0.29) is 29.0 Å². The first-order chi connectivity index (χ1) is 19.1. The number of sulfonamides is 1. The Morgan fingerprint density at radius 1 is 0.950 bits per heavy atom. The number of aryl methyl sites for hydroxylation is 2. The average Bonchev–Trinajstić information content (AvgIpc) is 3.44. The summed E-state index contributed by atoms with van der Waals surface area (Å²) in [7, 11) is -4.15. The topological polar surface area (TPSA) is 86.8 Å². The van der Waals surface area contributed by atoms with Crippen LogP contribution in [0.5, 0.6) is 0 Å². The summed E-state index contributed by atoms with van der Waals surface area (Å²) in [5, 5.41) is 3.01. The number of hydrogen-bond donors (Lipinski definition) is 1. The first-order valence-electron chi connectivity index (χ1n) is 13.6. The Kier molecular flexibility index (Phi) is 9.25. The van der Waals surface area contributed by atoms with Gasteiger partial charge in [0.1, 0.15) is 18.4 Å². The quantitative estimate of drug-likeness (QED) is 0.370. The number of carbonyl (C=O) groups excluding carboxylic acids is 2. The molecule has 0 radical (unpaired) electrons. The maximum Gasteiger partial charge on any atom is 0.264 e. The van der Waals surface area contributed by atoms with Crippen LogP contribution in [0.15, 0.2) is 77.7 Å². The number of rotatable bonds is 10. The molecular weight excluding hydrogens is 529 g/mol. The molecule has 4 rings (SSSR count). The van der Waals surface area contributed by atoms with Gasteiger partial charge in [-0.25, -0.2) is 12.8 Å². The van der Waals surface area contributed by atoms with E-state index in [1.807, 2.05) is 19.9 Å². The van der Waals surface area contributed by atoms with Crippen LogP contribution in [0.3, 0.4) is 0 Å². The zero-order chi connectivity index (χ0) is 28.9. The molecule has 40 heavy (non-hydrogen) atoms. The summed E-state index contributed by atoms with van der Waals surface area (Å²) in [4.78, 5) is 28.5. The van der Waals surface area contributed by atoms with Crippen molar-refractivity contribution in [2.24, 2.45) is 0 Å². The molecule has 1 aliphatic rings. The summed E-state index contributed by atoms with van der Waals surface area (Å²) >= 11 is 0. The minimum atomic E-state index is -4.15. The van der Waals surface area contributed by atoms with Gasteiger partial charge in [-0.15, -0.1) is 0 Å². The maximum atomic E-state index is 14.7. The molecule has 2 amide bonds. The summed E-state index contributed by atoms with van der Waals surface area (Å²) < 4.78 is 43.5. The van der Waals surface area contributed by atoms with Gasteiger partial charge >= 0.3 is 0 Å². The van der Waals surface area contributed by atoms with Crippen molar-refractivity contribution < 1.29 is 22.4 Å². The number of hydrogen-bond acceptors (Lipinski definition) is 4. The van der Waals surface area contributed by atoms with Crippen LogP contribution in [0.25, 0.3) is 0 Å². The van der Waals surface area contributed by atoms with Gasteiger partial charge in [0, 0.05) is 18.2 Å². The van der Waals surface area contributed by atoms with Gasteiger partial charge in [0.05, 0.1) is 10.6 Å². The van der Waals surface area contributed by atoms with Crippen molar-refractivity contribution in [2.75, 3.05) is 10.8 Å². The van der Waals surface area contributed by atoms with E-state index in [0.29, 0.717) is 5.69 Å². The Bertz CT molecular complexity index is 1450. The molecule has 1 unspecified atom stereocenters. The van der Waals surface area contributed by atoms with Crippen molar-refractivity contribution in [3.63, 3.8) is 0 Å². The number of nitrogens with one attached hydrogen (secondary N) is 1. The van der Waals surface area contributed by atoms with E-state index in [1.165, 1.54) is 23.1 Å². The molecule has 0 saturated heterocycles. The number of anilines is 1. The standard InChI is InChI=1S/C31H36FN3O4S/c1-22-15-17-28(18-16-22)40(38,39)35(27-13-8-9-23(2)19-27)21-30(36)34(20-25-10-4-7-14-29(25)32)24(3)31(37)33-26-11-5-6-12-26/h4,7-10,13-19,24,26H,5-6,11-12,20-21H2,1-3H3,(H,33,37). The average molecular weight is 566 g/mol. The minimum Gasteiger partial charge on any atom is -0.352 e. The van der Waals surface area contributed by atoms with E-state index in [9.17, 15) is 22.4 Å². The van der Waals surface area contributed by atoms with Crippen molar-refractivity contribution in [3.8, 4) is 0 Å². The summed E-state index contributed by atoms with van der Waals surface area (Å²) in [6.07, 6.45) is 3.80. The van der Waals surface area contributed by atoms with E-state index in [1.54, 1.807) is 55.5 Å². The number of carbonyl (C=O) groups is 2. The summed E-state index contributed by atoms with van der Waals surface area (Å²) in [5.41, 5.74) is 2.28. The highest BCUT2D eigenvalue weighted by Gasteiger charge is 2.33. The lowest BCUT2D eigenvalue weighted by Crippen LogP contribution is -2.52. The van der Waals surface area contributed by atoms with Gasteiger partial charge in [0.25, 0.3) is 10.0 Å². The lowest BCUT2D eigenvalue weighted by Gasteiger charge is -2.32. The van der Waals surface area contributed by atoms with Crippen molar-refractivity contribution in [1.82, 2.24) is 10.2 Å². The second kappa shape index (κ2) is 12.6. The predicted octanol–water partition coefficient (Wildman–Crippen LogP) is 5.11. The first-order valence-corrected chi connectivity index (χ1v) is 15.0. The number of benzene rings is 3. The molecule has 9 heteroatoms. The lowest BCUT2D eigenvalue weighted by molar-refractivity contribution is -0.139. The third kappa shape index (κ3) is 6.88. The van der Waals surface area contributed by atoms with Crippen LogP contribution >= 0.6 is 0 Å². The zero-order valence-corrected chi connectivity index (χ0v) is 24.0. The molecule has 3 aromatic rings. The summed E-state index contributed by atoms with van der Waals surface area (Å²) in [6.45, 7) is 4.54. The SMILES string of the molecule is Cc1ccc(S(=O)(=O)N(CC(=O)N(Cc2ccccc2F)C(C)C(=O)NC2CCCC2)c2cccc(C)c2)cc1. The van der Waals surface area contributed by atoms with Gasteiger partial charge < -0.3 is 10.2 Å². The molecular formula is C31H36FN3O4S. The molecule has 0 heterocycles. The van der Waals surface area contributed by atoms with Crippen molar-refractivity contribution >= 4 is 27.5 Å². The Morgan fingerprint density at radius 2 is 1.62 bits per heavy atom. The van der Waals surface area contributed by atoms with Crippen LogP contribution < -0.4 is 9.62 Å². The smallest absolute Gasteiger partial charge is 0.264 e. The highest BCUT2D eigenvalue weighted by molar-refractivity contribution is 7.92. The van der Waals surface area contributed by atoms with Crippen LogP contribution in [0.4, 0.5) is 10.1 Å². The first kappa shape index (κ1) is 29.3. The molecule has 1 aliphatic carbocycles. The number of halogens is 1. The van der Waals surface area contributed by atoms with Crippen LogP contribution in [0, 0.1) is 19.7 Å². The molecule has 1 fully saturated rings. The fourth-order valence-corrected chi connectivity index (χ4v) is 6.34. The van der Waals surface area contributed by atoms with Crippen molar-refractivity contribution in [3.05, 3.63) is 95.3 Å². The van der Waals surface area contributed by atoms with Crippen molar-refractivity contribution in [2.45, 2.75) is 70.0 Å². The van der Waals surface area contributed by atoms with E-state index in [2.05, 4.69) is 5.32 Å².